The molecule has 1 amide bonds. The average molecular weight is 260 g/mol. The molecule has 1 unspecified atom stereocenters. The second-order valence-corrected chi connectivity index (χ2v) is 5.46. The fourth-order valence-electron chi connectivity index (χ4n) is 3.04. The maximum atomic E-state index is 10.9. The Bertz CT molecular complexity index is 385. The summed E-state index contributed by atoms with van der Waals surface area (Å²) in [6.07, 6.45) is 6.98. The van der Waals surface area contributed by atoms with Crippen LogP contribution in [0.1, 0.15) is 50.1 Å². The quantitative estimate of drug-likeness (QED) is 0.826. The molecule has 1 saturated carbocycles. The minimum atomic E-state index is -0.233. The summed E-state index contributed by atoms with van der Waals surface area (Å²) in [4.78, 5) is 10.9. The number of hydrogen-bond acceptors (Lipinski definition) is 2. The van der Waals surface area contributed by atoms with E-state index in [0.29, 0.717) is 24.9 Å². The molecule has 3 heteroatoms. The van der Waals surface area contributed by atoms with Crippen LogP contribution in [-0.4, -0.2) is 12.5 Å². The van der Waals surface area contributed by atoms with Gasteiger partial charge >= 0.3 is 0 Å². The number of primary amides is 1. The van der Waals surface area contributed by atoms with Crippen molar-refractivity contribution in [3.05, 3.63) is 35.9 Å². The Hall–Kier alpha value is -1.35. The van der Waals surface area contributed by atoms with Crippen LogP contribution in [0.2, 0.25) is 0 Å². The molecule has 0 radical (unpaired) electrons. The van der Waals surface area contributed by atoms with Gasteiger partial charge in [0, 0.05) is 19.0 Å². The van der Waals surface area contributed by atoms with E-state index >= 15 is 0 Å². The Balaban J connectivity index is 2.01. The van der Waals surface area contributed by atoms with Crippen LogP contribution < -0.4 is 11.1 Å². The summed E-state index contributed by atoms with van der Waals surface area (Å²) in [6.45, 7) is 0.672. The molecule has 19 heavy (non-hydrogen) atoms. The maximum absolute atomic E-state index is 10.9. The lowest BCUT2D eigenvalue weighted by molar-refractivity contribution is -0.117. The first kappa shape index (κ1) is 14.1. The first-order valence-corrected chi connectivity index (χ1v) is 7.34. The molecule has 0 saturated heterocycles. The monoisotopic (exact) mass is 260 g/mol. The molecule has 0 aliphatic heterocycles. The maximum Gasteiger partial charge on any atom is 0.218 e. The van der Waals surface area contributed by atoms with Crippen molar-refractivity contribution >= 4 is 5.91 Å². The summed E-state index contributed by atoms with van der Waals surface area (Å²) in [5.41, 5.74) is 6.55. The van der Waals surface area contributed by atoms with E-state index in [-0.39, 0.29) is 5.91 Å². The molecule has 3 N–H and O–H groups in total. The van der Waals surface area contributed by atoms with Crippen molar-refractivity contribution in [3.63, 3.8) is 0 Å². The van der Waals surface area contributed by atoms with Crippen LogP contribution in [0.5, 0.6) is 0 Å². The van der Waals surface area contributed by atoms with E-state index in [9.17, 15) is 4.79 Å². The number of amides is 1. The number of benzene rings is 1. The molecule has 0 heterocycles. The summed E-state index contributed by atoms with van der Waals surface area (Å²) >= 11 is 0. The number of hydrogen-bond donors (Lipinski definition) is 2. The summed E-state index contributed by atoms with van der Waals surface area (Å²) in [5, 5.41) is 3.54. The number of nitrogens with one attached hydrogen (secondary N) is 1. The lowest BCUT2D eigenvalue weighted by Gasteiger charge is -2.31. The highest BCUT2D eigenvalue weighted by atomic mass is 16.1. The van der Waals surface area contributed by atoms with Gasteiger partial charge in [-0.1, -0.05) is 49.6 Å². The van der Waals surface area contributed by atoms with Gasteiger partial charge in [-0.2, -0.15) is 0 Å². The lowest BCUT2D eigenvalue weighted by Crippen LogP contribution is -2.32. The Morgan fingerprint density at radius 2 is 1.89 bits per heavy atom. The normalized spacial score (nSPS) is 18.1. The number of carbonyl (C=O) groups is 1. The molecule has 1 aromatic carbocycles. The largest absolute Gasteiger partial charge is 0.370 e. The van der Waals surface area contributed by atoms with Crippen LogP contribution in [0.25, 0.3) is 0 Å². The number of rotatable bonds is 6. The molecule has 0 bridgehead atoms. The van der Waals surface area contributed by atoms with Crippen LogP contribution in [0.3, 0.4) is 0 Å². The van der Waals surface area contributed by atoms with Gasteiger partial charge in [0.05, 0.1) is 0 Å². The fraction of sp³-hybridized carbons (Fsp3) is 0.562. The molecular weight excluding hydrogens is 236 g/mol. The van der Waals surface area contributed by atoms with Crippen LogP contribution in [0.15, 0.2) is 30.3 Å². The third-order valence-corrected chi connectivity index (χ3v) is 4.02. The van der Waals surface area contributed by atoms with Crippen molar-refractivity contribution in [3.8, 4) is 0 Å². The van der Waals surface area contributed by atoms with Crippen LogP contribution in [0.4, 0.5) is 0 Å². The Morgan fingerprint density at radius 1 is 1.21 bits per heavy atom. The smallest absolute Gasteiger partial charge is 0.218 e. The molecule has 3 nitrogen and oxygen atoms in total. The Kier molecular flexibility index (Phi) is 5.40. The van der Waals surface area contributed by atoms with Gasteiger partial charge in [-0.05, 0) is 24.3 Å². The molecule has 1 aliphatic rings. The second-order valence-electron chi connectivity index (χ2n) is 5.46. The van der Waals surface area contributed by atoms with Gasteiger partial charge in [-0.15, -0.1) is 0 Å². The van der Waals surface area contributed by atoms with Crippen molar-refractivity contribution in [1.82, 2.24) is 5.32 Å². The van der Waals surface area contributed by atoms with E-state index in [4.69, 9.17) is 5.73 Å². The summed E-state index contributed by atoms with van der Waals surface area (Å²) in [6, 6.07) is 10.9. The van der Waals surface area contributed by atoms with Crippen molar-refractivity contribution in [1.29, 1.82) is 0 Å². The van der Waals surface area contributed by atoms with Crippen molar-refractivity contribution in [2.75, 3.05) is 6.54 Å². The molecule has 0 aromatic heterocycles. The highest BCUT2D eigenvalue weighted by Crippen LogP contribution is 2.34. The highest BCUT2D eigenvalue weighted by Gasteiger charge is 2.24. The van der Waals surface area contributed by atoms with Crippen molar-refractivity contribution < 1.29 is 4.79 Å². The SMILES string of the molecule is NC(=O)CCNC(c1ccccc1)C1CCCCC1. The standard InChI is InChI=1S/C16H24N2O/c17-15(19)11-12-18-16(13-7-3-1-4-8-13)14-9-5-2-6-10-14/h1,3-4,7-8,14,16,18H,2,5-6,9-12H2,(H2,17,19). The molecule has 1 atom stereocenters. The third-order valence-electron chi connectivity index (χ3n) is 4.02. The zero-order chi connectivity index (χ0) is 13.5. The predicted molar refractivity (Wildman–Crippen MR) is 77.6 cm³/mol. The van der Waals surface area contributed by atoms with E-state index in [0.717, 1.165) is 0 Å². The van der Waals surface area contributed by atoms with Crippen LogP contribution in [0, 0.1) is 5.92 Å². The number of nitrogens with two attached hydrogens (primary N) is 1. The van der Waals surface area contributed by atoms with Crippen LogP contribution >= 0.6 is 0 Å². The minimum Gasteiger partial charge on any atom is -0.370 e. The highest BCUT2D eigenvalue weighted by molar-refractivity contribution is 5.73. The Labute approximate surface area is 115 Å². The molecule has 104 valence electrons. The van der Waals surface area contributed by atoms with E-state index < -0.39 is 0 Å². The first-order chi connectivity index (χ1) is 9.27. The summed E-state index contributed by atoms with van der Waals surface area (Å²) in [7, 11) is 0. The molecular formula is C16H24N2O. The van der Waals surface area contributed by atoms with Gasteiger partial charge in [0.15, 0.2) is 0 Å². The molecule has 2 rings (SSSR count). The van der Waals surface area contributed by atoms with Crippen molar-refractivity contribution in [2.24, 2.45) is 11.7 Å². The topological polar surface area (TPSA) is 55.1 Å². The first-order valence-electron chi connectivity index (χ1n) is 7.34. The van der Waals surface area contributed by atoms with Gasteiger partial charge in [0.1, 0.15) is 0 Å². The van der Waals surface area contributed by atoms with Crippen LogP contribution in [-0.2, 0) is 4.79 Å². The van der Waals surface area contributed by atoms with Crippen molar-refractivity contribution in [2.45, 2.75) is 44.6 Å². The van der Waals surface area contributed by atoms with Gasteiger partial charge in [0.2, 0.25) is 5.91 Å². The molecule has 1 aliphatic carbocycles. The van der Waals surface area contributed by atoms with Gasteiger partial charge in [-0.3, -0.25) is 4.79 Å². The van der Waals surface area contributed by atoms with Gasteiger partial charge in [-0.25, -0.2) is 0 Å². The zero-order valence-electron chi connectivity index (χ0n) is 11.5. The fourth-order valence-corrected chi connectivity index (χ4v) is 3.04. The van der Waals surface area contributed by atoms with E-state index in [1.807, 2.05) is 6.07 Å². The second kappa shape index (κ2) is 7.29. The van der Waals surface area contributed by atoms with Gasteiger partial charge in [0.25, 0.3) is 0 Å². The summed E-state index contributed by atoms with van der Waals surface area (Å²) in [5.74, 6) is 0.451. The van der Waals surface area contributed by atoms with E-state index in [1.165, 1.54) is 37.7 Å². The Morgan fingerprint density at radius 3 is 2.53 bits per heavy atom. The molecule has 1 fully saturated rings. The number of carbonyl (C=O) groups excluding carboxylic acids is 1. The molecule has 0 spiro atoms. The predicted octanol–water partition coefficient (Wildman–Crippen LogP) is 2.77. The van der Waals surface area contributed by atoms with Gasteiger partial charge < -0.3 is 11.1 Å². The van der Waals surface area contributed by atoms with E-state index in [1.54, 1.807) is 0 Å². The summed E-state index contributed by atoms with van der Waals surface area (Å²) < 4.78 is 0. The molecule has 1 aromatic rings. The van der Waals surface area contributed by atoms with E-state index in [2.05, 4.69) is 29.6 Å². The lowest BCUT2D eigenvalue weighted by atomic mass is 9.81. The third kappa shape index (κ3) is 4.35. The minimum absolute atomic E-state index is 0.233. The average Bonchev–Trinajstić information content (AvgIpc) is 2.45. The zero-order valence-corrected chi connectivity index (χ0v) is 11.5.